The Balaban J connectivity index is 2.08. The molecule has 0 bridgehead atoms. The van der Waals surface area contributed by atoms with Gasteiger partial charge in [-0.2, -0.15) is 0 Å². The fourth-order valence-electron chi connectivity index (χ4n) is 2.23. The number of H-pyrrole nitrogens is 2. The molecule has 2 aromatic heterocycles. The summed E-state index contributed by atoms with van der Waals surface area (Å²) < 4.78 is 1.26. The molecule has 0 amide bonds. The van der Waals surface area contributed by atoms with Crippen molar-refractivity contribution in [3.05, 3.63) is 81.4 Å². The molecule has 0 radical (unpaired) electrons. The first-order valence-electron chi connectivity index (χ1n) is 5.86. The maximum Gasteiger partial charge on any atom is 0.0641 e. The molecule has 2 N–H and O–H groups in total. The Bertz CT molecular complexity index is 560. The Morgan fingerprint density at radius 2 is 1.33 bits per heavy atom. The van der Waals surface area contributed by atoms with Crippen LogP contribution in [-0.2, 0) is 0 Å². The molecule has 0 fully saturated rings. The maximum atomic E-state index is 3.32. The molecule has 3 aromatic rings. The molecular formula is C15H13IN2. The van der Waals surface area contributed by atoms with Gasteiger partial charge in [0.1, 0.15) is 0 Å². The van der Waals surface area contributed by atoms with Gasteiger partial charge in [-0.15, -0.1) is 0 Å². The van der Waals surface area contributed by atoms with Gasteiger partial charge in [-0.05, 0) is 64.6 Å². The lowest BCUT2D eigenvalue weighted by Gasteiger charge is -2.15. The van der Waals surface area contributed by atoms with Crippen LogP contribution in [0.4, 0.5) is 0 Å². The molecule has 2 nitrogen and oxygen atoms in total. The van der Waals surface area contributed by atoms with E-state index in [-0.39, 0.29) is 5.92 Å². The average molecular weight is 348 g/mol. The molecule has 3 heteroatoms. The van der Waals surface area contributed by atoms with E-state index < -0.39 is 0 Å². The van der Waals surface area contributed by atoms with E-state index in [1.807, 2.05) is 24.5 Å². The molecule has 2 heterocycles. The van der Waals surface area contributed by atoms with Crippen LogP contribution in [0.1, 0.15) is 22.9 Å². The van der Waals surface area contributed by atoms with Gasteiger partial charge in [-0.3, -0.25) is 0 Å². The quantitative estimate of drug-likeness (QED) is 0.667. The Morgan fingerprint density at radius 3 is 1.78 bits per heavy atom. The number of nitrogens with one attached hydrogen (secondary N) is 2. The predicted octanol–water partition coefficient (Wildman–Crippen LogP) is 4.13. The Labute approximate surface area is 120 Å². The van der Waals surface area contributed by atoms with Crippen LogP contribution in [0.2, 0.25) is 0 Å². The van der Waals surface area contributed by atoms with E-state index in [9.17, 15) is 0 Å². The standard InChI is InChI=1S/C15H13IN2/c16-12-7-5-11(6-8-12)15(13-3-1-9-17-13)14-4-2-10-18-14/h1-10,15,17-18H. The van der Waals surface area contributed by atoms with Gasteiger partial charge in [0.05, 0.1) is 5.92 Å². The molecule has 18 heavy (non-hydrogen) atoms. The van der Waals surface area contributed by atoms with Crippen molar-refractivity contribution in [3.63, 3.8) is 0 Å². The van der Waals surface area contributed by atoms with Crippen LogP contribution in [0.25, 0.3) is 0 Å². The van der Waals surface area contributed by atoms with Crippen LogP contribution < -0.4 is 0 Å². The summed E-state index contributed by atoms with van der Waals surface area (Å²) in [6.07, 6.45) is 3.94. The monoisotopic (exact) mass is 348 g/mol. The van der Waals surface area contributed by atoms with Crippen LogP contribution in [0.15, 0.2) is 60.9 Å². The van der Waals surface area contributed by atoms with Crippen molar-refractivity contribution in [1.29, 1.82) is 0 Å². The van der Waals surface area contributed by atoms with Crippen LogP contribution >= 0.6 is 22.6 Å². The zero-order valence-corrected chi connectivity index (χ0v) is 11.9. The lowest BCUT2D eigenvalue weighted by molar-refractivity contribution is 0.897. The third-order valence-corrected chi connectivity index (χ3v) is 3.79. The average Bonchev–Trinajstić information content (AvgIpc) is 3.06. The number of hydrogen-bond acceptors (Lipinski definition) is 0. The first kappa shape index (κ1) is 11.6. The number of rotatable bonds is 3. The molecule has 0 unspecified atom stereocenters. The molecule has 1 aromatic carbocycles. The van der Waals surface area contributed by atoms with Gasteiger partial charge in [0.25, 0.3) is 0 Å². The Kier molecular flexibility index (Phi) is 3.23. The van der Waals surface area contributed by atoms with Crippen LogP contribution in [0.5, 0.6) is 0 Å². The van der Waals surface area contributed by atoms with Gasteiger partial charge in [-0.1, -0.05) is 12.1 Å². The molecule has 0 saturated heterocycles. The highest BCUT2D eigenvalue weighted by Crippen LogP contribution is 2.29. The van der Waals surface area contributed by atoms with E-state index >= 15 is 0 Å². The highest BCUT2D eigenvalue weighted by molar-refractivity contribution is 14.1. The van der Waals surface area contributed by atoms with E-state index in [1.54, 1.807) is 0 Å². The van der Waals surface area contributed by atoms with Gasteiger partial charge in [0.2, 0.25) is 0 Å². The van der Waals surface area contributed by atoms with E-state index in [2.05, 4.69) is 69.0 Å². The Hall–Kier alpha value is -1.49. The Morgan fingerprint density at radius 1 is 0.778 bits per heavy atom. The largest absolute Gasteiger partial charge is 0.364 e. The summed E-state index contributed by atoms with van der Waals surface area (Å²) in [5.41, 5.74) is 3.71. The highest BCUT2D eigenvalue weighted by atomic mass is 127. The molecule has 90 valence electrons. The molecule has 0 aliphatic heterocycles. The minimum absolute atomic E-state index is 0.243. The zero-order chi connectivity index (χ0) is 12.4. The van der Waals surface area contributed by atoms with Crippen molar-refractivity contribution >= 4 is 22.6 Å². The zero-order valence-electron chi connectivity index (χ0n) is 9.73. The smallest absolute Gasteiger partial charge is 0.0641 e. The number of benzene rings is 1. The van der Waals surface area contributed by atoms with Crippen LogP contribution in [0.3, 0.4) is 0 Å². The van der Waals surface area contributed by atoms with Crippen LogP contribution in [0, 0.1) is 3.57 Å². The van der Waals surface area contributed by atoms with E-state index in [0.29, 0.717) is 0 Å². The second-order valence-electron chi connectivity index (χ2n) is 4.24. The summed E-state index contributed by atoms with van der Waals surface area (Å²) in [6.45, 7) is 0. The fourth-order valence-corrected chi connectivity index (χ4v) is 2.59. The summed E-state index contributed by atoms with van der Waals surface area (Å²) in [6, 6.07) is 17.0. The van der Waals surface area contributed by atoms with Crippen molar-refractivity contribution < 1.29 is 0 Å². The van der Waals surface area contributed by atoms with Gasteiger partial charge >= 0.3 is 0 Å². The highest BCUT2D eigenvalue weighted by Gasteiger charge is 2.17. The van der Waals surface area contributed by atoms with E-state index in [1.165, 1.54) is 20.5 Å². The minimum Gasteiger partial charge on any atom is -0.364 e. The topological polar surface area (TPSA) is 31.6 Å². The first-order valence-corrected chi connectivity index (χ1v) is 6.94. The molecule has 0 spiro atoms. The lowest BCUT2D eigenvalue weighted by Crippen LogP contribution is -2.04. The minimum atomic E-state index is 0.243. The van der Waals surface area contributed by atoms with Crippen molar-refractivity contribution in [2.75, 3.05) is 0 Å². The fraction of sp³-hybridized carbons (Fsp3) is 0.0667. The predicted molar refractivity (Wildman–Crippen MR) is 81.7 cm³/mol. The van der Waals surface area contributed by atoms with Crippen molar-refractivity contribution in [3.8, 4) is 0 Å². The third-order valence-electron chi connectivity index (χ3n) is 3.07. The SMILES string of the molecule is Ic1ccc(C(c2ccc[nH]2)c2ccc[nH]2)cc1. The number of hydrogen-bond donors (Lipinski definition) is 2. The van der Waals surface area contributed by atoms with Gasteiger partial charge < -0.3 is 9.97 Å². The molecule has 0 aliphatic rings. The van der Waals surface area contributed by atoms with Crippen molar-refractivity contribution in [2.24, 2.45) is 0 Å². The molecular weight excluding hydrogens is 335 g/mol. The lowest BCUT2D eigenvalue weighted by atomic mass is 9.93. The molecule has 0 aliphatic carbocycles. The van der Waals surface area contributed by atoms with Gasteiger partial charge in [0, 0.05) is 27.4 Å². The molecule has 0 saturated carbocycles. The third kappa shape index (κ3) is 2.22. The van der Waals surface area contributed by atoms with E-state index in [0.717, 1.165) is 0 Å². The van der Waals surface area contributed by atoms with Gasteiger partial charge in [-0.25, -0.2) is 0 Å². The second kappa shape index (κ2) is 5.02. The van der Waals surface area contributed by atoms with Crippen LogP contribution in [-0.4, -0.2) is 9.97 Å². The normalized spacial score (nSPS) is 11.0. The first-order chi connectivity index (χ1) is 8.84. The number of aromatic nitrogens is 2. The number of halogens is 1. The summed E-state index contributed by atoms with van der Waals surface area (Å²) in [4.78, 5) is 6.63. The molecule has 0 atom stereocenters. The van der Waals surface area contributed by atoms with Gasteiger partial charge in [0.15, 0.2) is 0 Å². The summed E-state index contributed by atoms with van der Waals surface area (Å²) >= 11 is 2.33. The summed E-state index contributed by atoms with van der Waals surface area (Å²) in [5, 5.41) is 0. The summed E-state index contributed by atoms with van der Waals surface area (Å²) in [5.74, 6) is 0.243. The van der Waals surface area contributed by atoms with Crippen molar-refractivity contribution in [1.82, 2.24) is 9.97 Å². The second-order valence-corrected chi connectivity index (χ2v) is 5.48. The molecule has 3 rings (SSSR count). The van der Waals surface area contributed by atoms with Crippen molar-refractivity contribution in [2.45, 2.75) is 5.92 Å². The maximum absolute atomic E-state index is 3.32. The van der Waals surface area contributed by atoms with E-state index in [4.69, 9.17) is 0 Å². The number of aromatic amines is 2. The summed E-state index contributed by atoms with van der Waals surface area (Å²) in [7, 11) is 0.